The van der Waals surface area contributed by atoms with Crippen LogP contribution in [0.4, 0.5) is 10.5 Å². The number of benzene rings is 1. The van der Waals surface area contributed by atoms with Gasteiger partial charge >= 0.3 is 6.03 Å². The first-order chi connectivity index (χ1) is 8.96. The Bertz CT molecular complexity index is 419. The van der Waals surface area contributed by atoms with E-state index >= 15 is 0 Å². The Hall–Kier alpha value is -1.59. The maximum absolute atomic E-state index is 11.8. The van der Waals surface area contributed by atoms with E-state index in [1.807, 2.05) is 45.0 Å². The van der Waals surface area contributed by atoms with Crippen LogP contribution >= 0.6 is 0 Å². The molecule has 0 saturated carbocycles. The van der Waals surface area contributed by atoms with Gasteiger partial charge in [-0.1, -0.05) is 12.1 Å². The second-order valence-electron chi connectivity index (χ2n) is 4.90. The minimum Gasteiger partial charge on any atom is -0.374 e. The highest BCUT2D eigenvalue weighted by atomic mass is 16.5. The molecule has 0 heterocycles. The minimum absolute atomic E-state index is 0.248. The van der Waals surface area contributed by atoms with Crippen molar-refractivity contribution >= 4 is 11.7 Å². The van der Waals surface area contributed by atoms with E-state index in [-0.39, 0.29) is 11.6 Å². The first kappa shape index (κ1) is 15.5. The molecule has 4 N–H and O–H groups in total. The summed E-state index contributed by atoms with van der Waals surface area (Å²) in [6.45, 7) is 7.32. The van der Waals surface area contributed by atoms with Crippen molar-refractivity contribution in [2.75, 3.05) is 18.5 Å². The molecule has 0 radical (unpaired) electrons. The lowest BCUT2D eigenvalue weighted by molar-refractivity contribution is -0.00662. The van der Waals surface area contributed by atoms with Crippen LogP contribution in [0.5, 0.6) is 0 Å². The Balaban J connectivity index is 2.46. The zero-order chi connectivity index (χ0) is 14.3. The van der Waals surface area contributed by atoms with Gasteiger partial charge in [0.15, 0.2) is 0 Å². The van der Waals surface area contributed by atoms with Gasteiger partial charge in [-0.25, -0.2) is 4.79 Å². The molecule has 0 aromatic heterocycles. The fraction of sp³-hybridized carbons (Fsp3) is 0.500. The number of hydrogen-bond donors (Lipinski definition) is 3. The van der Waals surface area contributed by atoms with Gasteiger partial charge in [-0.2, -0.15) is 0 Å². The number of rotatable bonds is 6. The maximum Gasteiger partial charge on any atom is 0.319 e. The van der Waals surface area contributed by atoms with Gasteiger partial charge in [0.25, 0.3) is 0 Å². The highest BCUT2D eigenvalue weighted by molar-refractivity contribution is 5.89. The molecule has 19 heavy (non-hydrogen) atoms. The molecule has 2 amide bonds. The average molecular weight is 265 g/mol. The number of nitrogens with two attached hydrogens (primary N) is 1. The van der Waals surface area contributed by atoms with Gasteiger partial charge in [0.05, 0.1) is 5.60 Å². The number of ether oxygens (including phenoxy) is 1. The molecule has 1 rings (SSSR count). The molecule has 1 aromatic rings. The van der Waals surface area contributed by atoms with Crippen molar-refractivity contribution < 1.29 is 9.53 Å². The number of urea groups is 1. The van der Waals surface area contributed by atoms with Crippen LogP contribution in [-0.4, -0.2) is 24.8 Å². The zero-order valence-electron chi connectivity index (χ0n) is 11.8. The highest BCUT2D eigenvalue weighted by Gasteiger charge is 2.18. The predicted molar refractivity (Wildman–Crippen MR) is 77.1 cm³/mol. The smallest absolute Gasteiger partial charge is 0.319 e. The molecule has 5 nitrogen and oxygen atoms in total. The van der Waals surface area contributed by atoms with Crippen molar-refractivity contribution in [2.24, 2.45) is 5.73 Å². The van der Waals surface area contributed by atoms with Crippen LogP contribution in [0.15, 0.2) is 24.3 Å². The predicted octanol–water partition coefficient (Wildman–Crippen LogP) is 2.08. The van der Waals surface area contributed by atoms with E-state index in [2.05, 4.69) is 10.6 Å². The molecule has 0 bridgehead atoms. The lowest BCUT2D eigenvalue weighted by atomic mass is 10.1. The van der Waals surface area contributed by atoms with Crippen LogP contribution in [0, 0.1) is 0 Å². The molecule has 0 unspecified atom stereocenters. The third kappa shape index (κ3) is 5.72. The molecule has 0 aliphatic heterocycles. The molecular formula is C14H23N3O2. The Morgan fingerprint density at radius 2 is 2.16 bits per heavy atom. The van der Waals surface area contributed by atoms with Crippen LogP contribution in [0.2, 0.25) is 0 Å². The first-order valence-electron chi connectivity index (χ1n) is 6.44. The van der Waals surface area contributed by atoms with E-state index in [4.69, 9.17) is 10.5 Å². The summed E-state index contributed by atoms with van der Waals surface area (Å²) in [4.78, 5) is 11.8. The minimum atomic E-state index is -0.370. The average Bonchev–Trinajstić information content (AvgIpc) is 2.37. The Morgan fingerprint density at radius 3 is 2.79 bits per heavy atom. The molecule has 106 valence electrons. The third-order valence-corrected chi connectivity index (χ3v) is 2.63. The second kappa shape index (κ2) is 7.11. The summed E-state index contributed by atoms with van der Waals surface area (Å²) in [5, 5.41) is 5.56. The molecule has 5 heteroatoms. The number of hydrogen-bond acceptors (Lipinski definition) is 3. The first-order valence-corrected chi connectivity index (χ1v) is 6.44. The fourth-order valence-corrected chi connectivity index (χ4v) is 1.69. The molecule has 0 spiro atoms. The van der Waals surface area contributed by atoms with Crippen LogP contribution in [0.25, 0.3) is 0 Å². The van der Waals surface area contributed by atoms with E-state index in [1.54, 1.807) is 0 Å². The standard InChI is InChI=1S/C14H23N3O2/c1-4-19-14(2,3)10-16-13(18)17-12-7-5-6-11(8-12)9-15/h5-8H,4,9-10,15H2,1-3H3,(H2,16,17,18). The Labute approximate surface area is 114 Å². The van der Waals surface area contributed by atoms with Crippen LogP contribution in [0.3, 0.4) is 0 Å². The van der Waals surface area contributed by atoms with Gasteiger partial charge in [0, 0.05) is 25.4 Å². The summed E-state index contributed by atoms with van der Waals surface area (Å²) >= 11 is 0. The van der Waals surface area contributed by atoms with Crippen molar-refractivity contribution in [1.82, 2.24) is 5.32 Å². The molecule has 0 aliphatic carbocycles. The van der Waals surface area contributed by atoms with Crippen molar-refractivity contribution in [3.05, 3.63) is 29.8 Å². The zero-order valence-corrected chi connectivity index (χ0v) is 11.8. The quantitative estimate of drug-likeness (QED) is 0.737. The number of nitrogens with one attached hydrogen (secondary N) is 2. The van der Waals surface area contributed by atoms with Crippen molar-refractivity contribution in [1.29, 1.82) is 0 Å². The van der Waals surface area contributed by atoms with Crippen molar-refractivity contribution in [3.63, 3.8) is 0 Å². The van der Waals surface area contributed by atoms with Gasteiger partial charge < -0.3 is 21.1 Å². The summed E-state index contributed by atoms with van der Waals surface area (Å²) < 4.78 is 5.51. The molecule has 0 saturated heterocycles. The molecular weight excluding hydrogens is 242 g/mol. The van der Waals surface area contributed by atoms with Crippen molar-refractivity contribution in [2.45, 2.75) is 32.9 Å². The molecule has 1 aromatic carbocycles. The van der Waals surface area contributed by atoms with Crippen LogP contribution in [-0.2, 0) is 11.3 Å². The second-order valence-corrected chi connectivity index (χ2v) is 4.90. The Morgan fingerprint density at radius 1 is 1.42 bits per heavy atom. The number of carbonyl (C=O) groups excluding carboxylic acids is 1. The lowest BCUT2D eigenvalue weighted by Crippen LogP contribution is -2.42. The normalized spacial score (nSPS) is 11.2. The maximum atomic E-state index is 11.8. The molecule has 0 aliphatic rings. The fourth-order valence-electron chi connectivity index (χ4n) is 1.69. The van der Waals surface area contributed by atoms with Gasteiger partial charge in [-0.3, -0.25) is 0 Å². The SMILES string of the molecule is CCOC(C)(C)CNC(=O)Nc1cccc(CN)c1. The van der Waals surface area contributed by atoms with Gasteiger partial charge in [-0.15, -0.1) is 0 Å². The molecule has 0 atom stereocenters. The number of anilines is 1. The topological polar surface area (TPSA) is 76.4 Å². The van der Waals surface area contributed by atoms with Crippen molar-refractivity contribution in [3.8, 4) is 0 Å². The number of carbonyl (C=O) groups is 1. The monoisotopic (exact) mass is 265 g/mol. The van der Waals surface area contributed by atoms with Gasteiger partial charge in [0.1, 0.15) is 0 Å². The summed E-state index contributed by atoms with van der Waals surface area (Å²) in [6.07, 6.45) is 0. The van der Waals surface area contributed by atoms with Gasteiger partial charge in [-0.05, 0) is 38.5 Å². The molecule has 0 fully saturated rings. The largest absolute Gasteiger partial charge is 0.374 e. The van der Waals surface area contributed by atoms with E-state index < -0.39 is 0 Å². The van der Waals surface area contributed by atoms with Crippen LogP contribution in [0.1, 0.15) is 26.3 Å². The third-order valence-electron chi connectivity index (χ3n) is 2.63. The Kier molecular flexibility index (Phi) is 5.79. The van der Waals surface area contributed by atoms with E-state index in [0.29, 0.717) is 19.7 Å². The van der Waals surface area contributed by atoms with E-state index in [0.717, 1.165) is 11.3 Å². The summed E-state index contributed by atoms with van der Waals surface area (Å²) in [5.74, 6) is 0. The highest BCUT2D eigenvalue weighted by Crippen LogP contribution is 2.10. The number of amides is 2. The van der Waals surface area contributed by atoms with E-state index in [9.17, 15) is 4.79 Å². The van der Waals surface area contributed by atoms with Crippen LogP contribution < -0.4 is 16.4 Å². The summed E-state index contributed by atoms with van der Waals surface area (Å²) in [5.41, 5.74) is 6.89. The summed E-state index contributed by atoms with van der Waals surface area (Å²) in [6, 6.07) is 7.21. The summed E-state index contributed by atoms with van der Waals surface area (Å²) in [7, 11) is 0. The lowest BCUT2D eigenvalue weighted by Gasteiger charge is -2.24. The van der Waals surface area contributed by atoms with E-state index in [1.165, 1.54) is 0 Å². The van der Waals surface area contributed by atoms with Gasteiger partial charge in [0.2, 0.25) is 0 Å².